The van der Waals surface area contributed by atoms with E-state index in [1.54, 1.807) is 27.8 Å². The summed E-state index contributed by atoms with van der Waals surface area (Å²) in [6, 6.07) is 22.7. The number of hydrogen-bond acceptors (Lipinski definition) is 0. The first-order chi connectivity index (χ1) is 11.4. The van der Waals surface area contributed by atoms with Gasteiger partial charge in [0, 0.05) is 0 Å². The fourth-order valence-corrected chi connectivity index (χ4v) is 4.80. The van der Waals surface area contributed by atoms with E-state index < -0.39 is 0 Å². The van der Waals surface area contributed by atoms with Crippen LogP contribution in [-0.2, 0) is 19.3 Å². The fraction of sp³-hybridized carbons (Fsp3) is 0.130. The van der Waals surface area contributed by atoms with Crippen molar-refractivity contribution < 1.29 is 0 Å². The second-order valence-electron chi connectivity index (χ2n) is 6.90. The van der Waals surface area contributed by atoms with Gasteiger partial charge in [-0.05, 0) is 74.2 Å². The predicted molar refractivity (Wildman–Crippen MR) is 97.1 cm³/mol. The van der Waals surface area contributed by atoms with Crippen LogP contribution in [0.4, 0.5) is 0 Å². The average molecular weight is 292 g/mol. The van der Waals surface area contributed by atoms with Crippen LogP contribution in [0.25, 0.3) is 32.7 Å². The van der Waals surface area contributed by atoms with Gasteiger partial charge in [0.05, 0.1) is 0 Å². The van der Waals surface area contributed by atoms with E-state index in [2.05, 4.69) is 60.7 Å². The third-order valence-corrected chi connectivity index (χ3v) is 5.73. The molecule has 0 aliphatic heterocycles. The van der Waals surface area contributed by atoms with Gasteiger partial charge in [-0.2, -0.15) is 0 Å². The molecule has 0 spiro atoms. The van der Waals surface area contributed by atoms with Crippen LogP contribution < -0.4 is 0 Å². The molecular formula is C23H16. The van der Waals surface area contributed by atoms with E-state index in [1.807, 2.05) is 0 Å². The molecule has 0 saturated heterocycles. The summed E-state index contributed by atoms with van der Waals surface area (Å²) in [5.74, 6) is 0. The van der Waals surface area contributed by atoms with Crippen LogP contribution >= 0.6 is 0 Å². The van der Waals surface area contributed by atoms with E-state index >= 15 is 0 Å². The van der Waals surface area contributed by atoms with Crippen LogP contribution in [0.15, 0.2) is 60.7 Å². The maximum absolute atomic E-state index is 2.45. The molecule has 0 fully saturated rings. The lowest BCUT2D eigenvalue weighted by molar-refractivity contribution is 0.945. The number of rotatable bonds is 0. The van der Waals surface area contributed by atoms with Gasteiger partial charge < -0.3 is 0 Å². The van der Waals surface area contributed by atoms with E-state index in [0.717, 1.165) is 6.42 Å². The van der Waals surface area contributed by atoms with Crippen molar-refractivity contribution in [2.24, 2.45) is 0 Å². The predicted octanol–water partition coefficient (Wildman–Crippen LogP) is 5.66. The van der Waals surface area contributed by atoms with Crippen molar-refractivity contribution in [3.05, 3.63) is 82.9 Å². The van der Waals surface area contributed by atoms with Crippen LogP contribution in [0.2, 0.25) is 0 Å². The maximum Gasteiger partial charge on any atom is -0.000685 e. The van der Waals surface area contributed by atoms with E-state index in [4.69, 9.17) is 0 Å². The first-order valence-corrected chi connectivity index (χ1v) is 8.47. The number of fused-ring (bicyclic) bond motifs is 4. The lowest BCUT2D eigenvalue weighted by Gasteiger charge is -2.21. The lowest BCUT2D eigenvalue weighted by Crippen LogP contribution is -2.03. The van der Waals surface area contributed by atoms with Crippen molar-refractivity contribution in [3.63, 3.8) is 0 Å². The van der Waals surface area contributed by atoms with E-state index in [1.165, 1.54) is 39.9 Å². The third kappa shape index (κ3) is 1.42. The molecule has 0 heterocycles. The summed E-state index contributed by atoms with van der Waals surface area (Å²) >= 11 is 0. The summed E-state index contributed by atoms with van der Waals surface area (Å²) < 4.78 is 0. The zero-order valence-corrected chi connectivity index (χ0v) is 12.9. The SMILES string of the molecule is c1cc2c3c(c1)Cc1c-3c(cc3ccc4ccccc4c13)CC2. The van der Waals surface area contributed by atoms with Crippen LogP contribution in [0.5, 0.6) is 0 Å². The molecule has 0 bridgehead atoms. The van der Waals surface area contributed by atoms with Crippen LogP contribution in [0, 0.1) is 0 Å². The highest BCUT2D eigenvalue weighted by Gasteiger charge is 2.29. The molecule has 0 atom stereocenters. The zero-order chi connectivity index (χ0) is 15.0. The molecule has 2 aliphatic carbocycles. The molecule has 0 nitrogen and oxygen atoms in total. The smallest absolute Gasteiger partial charge is 0.000685 e. The van der Waals surface area contributed by atoms with E-state index in [0.29, 0.717) is 0 Å². The van der Waals surface area contributed by atoms with Crippen LogP contribution in [-0.4, -0.2) is 0 Å². The van der Waals surface area contributed by atoms with Crippen molar-refractivity contribution in [2.75, 3.05) is 0 Å². The zero-order valence-electron chi connectivity index (χ0n) is 12.9. The molecule has 6 rings (SSSR count). The van der Waals surface area contributed by atoms with Gasteiger partial charge in [-0.1, -0.05) is 60.7 Å². The Morgan fingerprint density at radius 3 is 2.43 bits per heavy atom. The minimum absolute atomic E-state index is 1.09. The van der Waals surface area contributed by atoms with Gasteiger partial charge in [0.25, 0.3) is 0 Å². The largest absolute Gasteiger partial charge is 0.0617 e. The minimum Gasteiger partial charge on any atom is -0.0617 e. The van der Waals surface area contributed by atoms with Gasteiger partial charge in [-0.25, -0.2) is 0 Å². The molecule has 0 amide bonds. The first-order valence-electron chi connectivity index (χ1n) is 8.47. The van der Waals surface area contributed by atoms with Crippen molar-refractivity contribution in [3.8, 4) is 11.1 Å². The highest BCUT2D eigenvalue weighted by Crippen LogP contribution is 2.48. The summed E-state index contributed by atoms with van der Waals surface area (Å²) in [6.45, 7) is 0. The lowest BCUT2D eigenvalue weighted by atomic mass is 9.83. The summed E-state index contributed by atoms with van der Waals surface area (Å²) in [5, 5.41) is 5.64. The van der Waals surface area contributed by atoms with Crippen molar-refractivity contribution in [1.82, 2.24) is 0 Å². The Morgan fingerprint density at radius 2 is 1.43 bits per heavy atom. The number of hydrogen-bond donors (Lipinski definition) is 0. The topological polar surface area (TPSA) is 0 Å². The van der Waals surface area contributed by atoms with E-state index in [9.17, 15) is 0 Å². The normalized spacial score (nSPS) is 14.4. The minimum atomic E-state index is 1.09. The summed E-state index contributed by atoms with van der Waals surface area (Å²) in [6.07, 6.45) is 3.47. The molecule has 0 saturated carbocycles. The molecule has 4 aromatic carbocycles. The Bertz CT molecular complexity index is 1130. The Morgan fingerprint density at radius 1 is 0.609 bits per heavy atom. The Labute approximate surface area is 135 Å². The van der Waals surface area contributed by atoms with Crippen molar-refractivity contribution in [1.29, 1.82) is 0 Å². The van der Waals surface area contributed by atoms with Gasteiger partial charge in [-0.15, -0.1) is 0 Å². The number of aryl methyl sites for hydroxylation is 2. The van der Waals surface area contributed by atoms with Gasteiger partial charge in [0.15, 0.2) is 0 Å². The van der Waals surface area contributed by atoms with Crippen molar-refractivity contribution >= 4 is 21.5 Å². The fourth-order valence-electron chi connectivity index (χ4n) is 4.80. The second-order valence-corrected chi connectivity index (χ2v) is 6.90. The molecule has 0 N–H and O–H groups in total. The van der Waals surface area contributed by atoms with Crippen LogP contribution in [0.1, 0.15) is 22.3 Å². The first kappa shape index (κ1) is 11.9. The number of benzene rings is 4. The molecule has 0 unspecified atom stereocenters. The van der Waals surface area contributed by atoms with Gasteiger partial charge in [-0.3, -0.25) is 0 Å². The average Bonchev–Trinajstić information content (AvgIpc) is 3.00. The van der Waals surface area contributed by atoms with E-state index in [-0.39, 0.29) is 0 Å². The highest BCUT2D eigenvalue weighted by molar-refractivity contribution is 6.12. The monoisotopic (exact) mass is 292 g/mol. The molecule has 108 valence electrons. The quantitative estimate of drug-likeness (QED) is 0.323. The molecule has 0 aromatic heterocycles. The van der Waals surface area contributed by atoms with Crippen LogP contribution in [0.3, 0.4) is 0 Å². The molecule has 0 radical (unpaired) electrons. The molecule has 4 aromatic rings. The Balaban J connectivity index is 1.86. The van der Waals surface area contributed by atoms with Gasteiger partial charge in [0.1, 0.15) is 0 Å². The second kappa shape index (κ2) is 4.02. The summed E-state index contributed by atoms with van der Waals surface area (Å²) in [5.41, 5.74) is 9.31. The molecule has 2 aliphatic rings. The third-order valence-electron chi connectivity index (χ3n) is 5.73. The van der Waals surface area contributed by atoms with Crippen molar-refractivity contribution in [2.45, 2.75) is 19.3 Å². The summed E-state index contributed by atoms with van der Waals surface area (Å²) in [4.78, 5) is 0. The highest BCUT2D eigenvalue weighted by atomic mass is 14.3. The standard InChI is InChI=1S/C23H16/c1-2-7-19-14(4-1)8-10-17-12-18-11-9-15-5-3-6-16-13-20(22(17)19)23(18)21(15)16/h1-8,10,12H,9,11,13H2. The summed E-state index contributed by atoms with van der Waals surface area (Å²) in [7, 11) is 0. The molecular weight excluding hydrogens is 276 g/mol. The molecule has 23 heavy (non-hydrogen) atoms. The molecule has 0 heteroatoms. The van der Waals surface area contributed by atoms with Gasteiger partial charge >= 0.3 is 0 Å². The Kier molecular flexibility index (Phi) is 2.08. The maximum atomic E-state index is 2.45. The Hall–Kier alpha value is -2.60. The van der Waals surface area contributed by atoms with Gasteiger partial charge in [0.2, 0.25) is 0 Å².